The molecule has 1 N–H and O–H groups in total. The quantitative estimate of drug-likeness (QED) is 0.632. The summed E-state index contributed by atoms with van der Waals surface area (Å²) >= 11 is 0. The summed E-state index contributed by atoms with van der Waals surface area (Å²) in [6.07, 6.45) is -1.70. The third kappa shape index (κ3) is 4.70. The van der Waals surface area contributed by atoms with Gasteiger partial charge in [0, 0.05) is 38.3 Å². The number of aromatic nitrogens is 1. The summed E-state index contributed by atoms with van der Waals surface area (Å²) in [6.45, 7) is -0.200. The second-order valence-corrected chi connectivity index (χ2v) is 9.99. The minimum absolute atomic E-state index is 0.00403. The lowest BCUT2D eigenvalue weighted by atomic mass is 9.98. The fourth-order valence-electron chi connectivity index (χ4n) is 3.79. The van der Waals surface area contributed by atoms with E-state index in [1.807, 2.05) is 0 Å². The molecule has 2 aliphatic heterocycles. The zero-order chi connectivity index (χ0) is 24.8. The van der Waals surface area contributed by atoms with Crippen molar-refractivity contribution in [3.05, 3.63) is 53.4 Å². The highest BCUT2D eigenvalue weighted by atomic mass is 32.2. The van der Waals surface area contributed by atoms with Crippen molar-refractivity contribution in [2.75, 3.05) is 27.2 Å². The van der Waals surface area contributed by atoms with E-state index in [9.17, 15) is 30.4 Å². The monoisotopic (exact) mass is 505 g/mol. The summed E-state index contributed by atoms with van der Waals surface area (Å²) in [5.41, 5.74) is -1.01. The highest BCUT2D eigenvalue weighted by molar-refractivity contribution is 7.87. The maximum atomic E-state index is 14.5. The Labute approximate surface area is 192 Å². The Hall–Kier alpha value is -2.84. The first-order valence-electron chi connectivity index (χ1n) is 10.1. The third-order valence-corrected chi connectivity index (χ3v) is 7.08. The molecule has 1 unspecified atom stereocenters. The Kier molecular flexibility index (Phi) is 6.48. The lowest BCUT2D eigenvalue weighted by molar-refractivity contribution is 0.0827. The van der Waals surface area contributed by atoms with E-state index < -0.39 is 57.4 Å². The number of oxime groups is 1. The van der Waals surface area contributed by atoms with Gasteiger partial charge in [0.1, 0.15) is 35.3 Å². The van der Waals surface area contributed by atoms with Crippen LogP contribution in [-0.2, 0) is 15.0 Å². The van der Waals surface area contributed by atoms with Gasteiger partial charge in [0.15, 0.2) is 6.10 Å². The van der Waals surface area contributed by atoms with Crippen molar-refractivity contribution < 1.29 is 35.2 Å². The van der Waals surface area contributed by atoms with Crippen molar-refractivity contribution in [2.24, 2.45) is 5.16 Å². The molecule has 1 aromatic heterocycles. The second-order valence-electron chi connectivity index (χ2n) is 8.07. The highest BCUT2D eigenvalue weighted by Gasteiger charge is 2.40. The zero-order valence-electron chi connectivity index (χ0n) is 18.0. The number of alkyl halides is 1. The molecule has 2 aromatic rings. The van der Waals surface area contributed by atoms with Gasteiger partial charge in [0.2, 0.25) is 0 Å². The molecule has 1 fully saturated rings. The summed E-state index contributed by atoms with van der Waals surface area (Å²) < 4.78 is 97.8. The molecular formula is C20H20F5N5O3S. The summed E-state index contributed by atoms with van der Waals surface area (Å²) in [7, 11) is -1.25. The van der Waals surface area contributed by atoms with Gasteiger partial charge in [-0.25, -0.2) is 22.0 Å². The lowest BCUT2D eigenvalue weighted by Gasteiger charge is -2.19. The number of hydrogen-bond acceptors (Lipinski definition) is 6. The number of halogens is 5. The summed E-state index contributed by atoms with van der Waals surface area (Å²) in [6, 6.07) is 0.745. The van der Waals surface area contributed by atoms with Crippen LogP contribution >= 0.6 is 0 Å². The van der Waals surface area contributed by atoms with Gasteiger partial charge >= 0.3 is 0 Å². The van der Waals surface area contributed by atoms with Crippen molar-refractivity contribution in [1.29, 1.82) is 0 Å². The van der Waals surface area contributed by atoms with E-state index in [1.165, 1.54) is 19.0 Å². The van der Waals surface area contributed by atoms with E-state index in [0.717, 1.165) is 16.6 Å². The number of pyridine rings is 1. The molecule has 1 saturated heterocycles. The minimum atomic E-state index is -3.86. The van der Waals surface area contributed by atoms with Crippen molar-refractivity contribution in [1.82, 2.24) is 18.9 Å². The van der Waals surface area contributed by atoms with Crippen molar-refractivity contribution in [3.63, 3.8) is 0 Å². The lowest BCUT2D eigenvalue weighted by Crippen LogP contribution is -2.46. The first kappa shape index (κ1) is 24.3. The van der Waals surface area contributed by atoms with Crippen molar-refractivity contribution in [2.45, 2.75) is 24.7 Å². The molecule has 184 valence electrons. The van der Waals surface area contributed by atoms with Gasteiger partial charge in [-0.1, -0.05) is 5.16 Å². The van der Waals surface area contributed by atoms with E-state index in [2.05, 4.69) is 14.9 Å². The second kappa shape index (κ2) is 9.07. The molecule has 0 aliphatic carbocycles. The Morgan fingerprint density at radius 3 is 2.41 bits per heavy atom. The highest BCUT2D eigenvalue weighted by Crippen LogP contribution is 2.37. The Morgan fingerprint density at radius 1 is 1.09 bits per heavy atom. The molecule has 4 rings (SSSR count). The van der Waals surface area contributed by atoms with E-state index in [-0.39, 0.29) is 36.6 Å². The number of likely N-dealkylation sites (tertiary alicyclic amines) is 1. The minimum Gasteiger partial charge on any atom is -0.384 e. The predicted molar refractivity (Wildman–Crippen MR) is 111 cm³/mol. The van der Waals surface area contributed by atoms with E-state index in [4.69, 9.17) is 4.84 Å². The van der Waals surface area contributed by atoms with E-state index >= 15 is 0 Å². The average molecular weight is 505 g/mol. The summed E-state index contributed by atoms with van der Waals surface area (Å²) in [5, 5.41) is 3.90. The molecule has 0 saturated carbocycles. The number of nitrogens with one attached hydrogen (secondary N) is 1. The smallest absolute Gasteiger partial charge is 0.279 e. The van der Waals surface area contributed by atoms with Crippen molar-refractivity contribution >= 4 is 16.0 Å². The SMILES string of the molecule is CN(C)S(=O)(=O)N[C@@H]1CN(C2=NOC(c3ncc(F)cc3-c3c(F)cc(F)cc3F)C2)C[C@@H]1F. The topological polar surface area (TPSA) is 87.1 Å². The molecule has 14 heteroatoms. The Morgan fingerprint density at radius 2 is 1.76 bits per heavy atom. The normalized spacial score (nSPS) is 22.9. The van der Waals surface area contributed by atoms with Gasteiger partial charge in [-0.15, -0.1) is 0 Å². The number of amidine groups is 1. The molecule has 34 heavy (non-hydrogen) atoms. The maximum Gasteiger partial charge on any atom is 0.279 e. The van der Waals surface area contributed by atoms with Crippen LogP contribution < -0.4 is 4.72 Å². The Bertz CT molecular complexity index is 1220. The molecule has 0 spiro atoms. The van der Waals surface area contributed by atoms with Gasteiger partial charge < -0.3 is 9.74 Å². The number of nitrogens with zero attached hydrogens (tertiary/aromatic N) is 4. The van der Waals surface area contributed by atoms with Crippen molar-refractivity contribution in [3.8, 4) is 11.1 Å². The van der Waals surface area contributed by atoms with E-state index in [1.54, 1.807) is 0 Å². The van der Waals surface area contributed by atoms with Crippen LogP contribution in [0.5, 0.6) is 0 Å². The largest absolute Gasteiger partial charge is 0.384 e. The molecule has 0 bridgehead atoms. The fraction of sp³-hybridized carbons (Fsp3) is 0.400. The molecule has 3 heterocycles. The van der Waals surface area contributed by atoms with Crippen LogP contribution in [0.1, 0.15) is 18.2 Å². The van der Waals surface area contributed by atoms with E-state index in [0.29, 0.717) is 12.1 Å². The van der Waals surface area contributed by atoms with Gasteiger partial charge in [0.05, 0.1) is 36.5 Å². The van der Waals surface area contributed by atoms with Gasteiger partial charge in [-0.3, -0.25) is 4.98 Å². The Balaban J connectivity index is 1.55. The zero-order valence-corrected chi connectivity index (χ0v) is 18.8. The van der Waals surface area contributed by atoms with Crippen LogP contribution in [0.2, 0.25) is 0 Å². The standard InChI is InChI=1S/C20H20F5N5O3S/c1-29(2)34(31,32)28-16-9-30(8-15(16)25)18-6-17(33-27-18)20-12(3-11(22)7-26-20)19-13(23)4-10(21)5-14(19)24/h3-5,7,15-17,28H,6,8-9H2,1-2H3/t15-,16+,17?/m0/s1. The van der Waals surface area contributed by atoms with Crippen LogP contribution in [0.25, 0.3) is 11.1 Å². The molecule has 0 radical (unpaired) electrons. The number of hydrogen-bond donors (Lipinski definition) is 1. The molecular weight excluding hydrogens is 485 g/mol. The van der Waals surface area contributed by atoms with Crippen LogP contribution in [0.15, 0.2) is 29.6 Å². The molecule has 0 amide bonds. The van der Waals surface area contributed by atoms with Crippen LogP contribution in [0.4, 0.5) is 22.0 Å². The first-order valence-corrected chi connectivity index (χ1v) is 11.5. The van der Waals surface area contributed by atoms with Crippen LogP contribution in [0.3, 0.4) is 0 Å². The average Bonchev–Trinajstić information content (AvgIpc) is 3.34. The molecule has 3 atom stereocenters. The predicted octanol–water partition coefficient (Wildman–Crippen LogP) is 2.50. The number of rotatable bonds is 5. The molecule has 1 aromatic carbocycles. The molecule has 8 nitrogen and oxygen atoms in total. The molecule has 2 aliphatic rings. The first-order chi connectivity index (χ1) is 16.0. The van der Waals surface area contributed by atoms with Gasteiger partial charge in [0.25, 0.3) is 10.2 Å². The third-order valence-electron chi connectivity index (χ3n) is 5.51. The summed E-state index contributed by atoms with van der Waals surface area (Å²) in [4.78, 5) is 10.7. The number of benzene rings is 1. The fourth-order valence-corrected chi connectivity index (χ4v) is 4.60. The summed E-state index contributed by atoms with van der Waals surface area (Å²) in [5.74, 6) is -4.25. The van der Waals surface area contributed by atoms with Crippen LogP contribution in [-0.4, -0.2) is 67.8 Å². The van der Waals surface area contributed by atoms with Crippen LogP contribution in [0, 0.1) is 23.3 Å². The van der Waals surface area contributed by atoms with Gasteiger partial charge in [-0.2, -0.15) is 17.4 Å². The van der Waals surface area contributed by atoms with Gasteiger partial charge in [-0.05, 0) is 6.07 Å². The maximum absolute atomic E-state index is 14.5.